The number of hydrogen-bond acceptors (Lipinski definition) is 3. The lowest BCUT2D eigenvalue weighted by Crippen LogP contribution is -2.45. The van der Waals surface area contributed by atoms with Gasteiger partial charge < -0.3 is 15.2 Å². The summed E-state index contributed by atoms with van der Waals surface area (Å²) in [5, 5.41) is 3.19. The van der Waals surface area contributed by atoms with Crippen molar-refractivity contribution in [1.82, 2.24) is 19.8 Å². The lowest BCUT2D eigenvalue weighted by molar-refractivity contribution is -0.123. The molecular weight excluding hydrogens is 407 g/mol. The van der Waals surface area contributed by atoms with Gasteiger partial charge >= 0.3 is 5.69 Å². The number of fused-ring (bicyclic) bond motifs is 1. The topological polar surface area (TPSA) is 70.1 Å². The van der Waals surface area contributed by atoms with E-state index in [9.17, 15) is 14.0 Å². The van der Waals surface area contributed by atoms with Gasteiger partial charge in [-0.3, -0.25) is 9.36 Å². The molecule has 1 unspecified atom stereocenters. The first-order valence-electron chi connectivity index (χ1n) is 11.5. The van der Waals surface area contributed by atoms with Gasteiger partial charge in [-0.2, -0.15) is 0 Å². The molecule has 1 saturated heterocycles. The maximum atomic E-state index is 13.5. The molecule has 1 aromatic heterocycles. The van der Waals surface area contributed by atoms with Gasteiger partial charge in [-0.05, 0) is 55.9 Å². The Balaban J connectivity index is 1.13. The Morgan fingerprint density at radius 3 is 2.69 bits per heavy atom. The summed E-state index contributed by atoms with van der Waals surface area (Å²) in [5.74, 6) is 0.239. The smallest absolute Gasteiger partial charge is 0.326 e. The van der Waals surface area contributed by atoms with Crippen LogP contribution in [0.1, 0.15) is 43.7 Å². The average molecular weight is 437 g/mol. The molecule has 1 aliphatic carbocycles. The first-order valence-corrected chi connectivity index (χ1v) is 11.5. The van der Waals surface area contributed by atoms with E-state index in [4.69, 9.17) is 0 Å². The van der Waals surface area contributed by atoms with Crippen LogP contribution in [0.2, 0.25) is 0 Å². The van der Waals surface area contributed by atoms with Crippen molar-refractivity contribution in [3.8, 4) is 0 Å². The second kappa shape index (κ2) is 8.54. The van der Waals surface area contributed by atoms with Crippen molar-refractivity contribution in [2.24, 2.45) is 5.92 Å². The lowest BCUT2D eigenvalue weighted by atomic mass is 10.0. The SMILES string of the molecule is C[C@@H](CN1CCC(n2c(=O)[nH]c3cc(F)ccc32)CC1)NC(=O)C1C[C@H]1c1ccccc1. The number of carbonyl (C=O) groups is 1. The van der Waals surface area contributed by atoms with Gasteiger partial charge in [0.2, 0.25) is 5.91 Å². The third kappa shape index (κ3) is 4.21. The maximum Gasteiger partial charge on any atom is 0.326 e. The van der Waals surface area contributed by atoms with Gasteiger partial charge in [0, 0.05) is 37.6 Å². The zero-order valence-corrected chi connectivity index (χ0v) is 18.3. The number of benzene rings is 2. The van der Waals surface area contributed by atoms with E-state index in [0.29, 0.717) is 11.4 Å². The Labute approximate surface area is 186 Å². The van der Waals surface area contributed by atoms with Gasteiger partial charge in [-0.25, -0.2) is 9.18 Å². The summed E-state index contributed by atoms with van der Waals surface area (Å²) in [7, 11) is 0. The van der Waals surface area contributed by atoms with Crippen LogP contribution in [0.25, 0.3) is 11.0 Å². The zero-order chi connectivity index (χ0) is 22.2. The van der Waals surface area contributed by atoms with E-state index in [1.54, 1.807) is 10.6 Å². The van der Waals surface area contributed by atoms with E-state index in [1.165, 1.54) is 17.7 Å². The van der Waals surface area contributed by atoms with Gasteiger partial charge in [0.1, 0.15) is 5.82 Å². The number of amides is 1. The minimum atomic E-state index is -0.349. The summed E-state index contributed by atoms with van der Waals surface area (Å²) >= 11 is 0. The van der Waals surface area contributed by atoms with E-state index in [2.05, 4.69) is 34.3 Å². The Morgan fingerprint density at radius 1 is 1.19 bits per heavy atom. The molecular formula is C25H29FN4O2. The quantitative estimate of drug-likeness (QED) is 0.622. The molecule has 1 amide bonds. The number of nitrogens with zero attached hydrogens (tertiary/aromatic N) is 2. The van der Waals surface area contributed by atoms with Gasteiger partial charge in [-0.15, -0.1) is 0 Å². The van der Waals surface area contributed by atoms with Crippen LogP contribution in [-0.2, 0) is 4.79 Å². The normalized spacial score (nSPS) is 22.7. The molecule has 5 rings (SSSR count). The summed E-state index contributed by atoms with van der Waals surface area (Å²) in [4.78, 5) is 30.2. The Morgan fingerprint density at radius 2 is 1.94 bits per heavy atom. The summed E-state index contributed by atoms with van der Waals surface area (Å²) < 4.78 is 15.2. The average Bonchev–Trinajstić information content (AvgIpc) is 3.52. The number of carbonyl (C=O) groups excluding carboxylic acids is 1. The molecule has 3 aromatic rings. The van der Waals surface area contributed by atoms with E-state index in [0.717, 1.165) is 44.4 Å². The predicted octanol–water partition coefficient (Wildman–Crippen LogP) is 3.41. The van der Waals surface area contributed by atoms with E-state index < -0.39 is 0 Å². The molecule has 2 fully saturated rings. The molecule has 32 heavy (non-hydrogen) atoms. The largest absolute Gasteiger partial charge is 0.352 e. The molecule has 1 saturated carbocycles. The van der Waals surface area contributed by atoms with Crippen molar-refractivity contribution in [1.29, 1.82) is 0 Å². The summed E-state index contributed by atoms with van der Waals surface area (Å²) in [6.07, 6.45) is 2.63. The van der Waals surface area contributed by atoms with E-state index >= 15 is 0 Å². The van der Waals surface area contributed by atoms with Crippen molar-refractivity contribution in [2.45, 2.75) is 44.2 Å². The Bertz CT molecular complexity index is 1160. The standard InChI is InChI=1S/C25H29FN4O2/c1-16(27-24(31)21-14-20(21)17-5-3-2-4-6-17)15-29-11-9-19(10-12-29)30-23-8-7-18(26)13-22(23)28-25(30)32/h2-8,13,16,19-21H,9-12,14-15H2,1H3,(H,27,31)(H,28,32)/t16-,20-,21?/m0/s1. The van der Waals surface area contributed by atoms with Gasteiger partial charge in [0.25, 0.3) is 0 Å². The number of halogens is 1. The maximum absolute atomic E-state index is 13.5. The van der Waals surface area contributed by atoms with Crippen LogP contribution in [0.5, 0.6) is 0 Å². The minimum absolute atomic E-state index is 0.0786. The predicted molar refractivity (Wildman–Crippen MR) is 122 cm³/mol. The van der Waals surface area contributed by atoms with Gasteiger partial charge in [-0.1, -0.05) is 30.3 Å². The molecule has 2 N–H and O–H groups in total. The van der Waals surface area contributed by atoms with Gasteiger partial charge in [0.15, 0.2) is 0 Å². The van der Waals surface area contributed by atoms with Gasteiger partial charge in [0.05, 0.1) is 11.0 Å². The number of piperidine rings is 1. The first kappa shape index (κ1) is 20.9. The molecule has 168 valence electrons. The van der Waals surface area contributed by atoms with Crippen LogP contribution in [0.15, 0.2) is 53.3 Å². The number of imidazole rings is 1. The number of aromatic nitrogens is 2. The highest BCUT2D eigenvalue weighted by Crippen LogP contribution is 2.47. The van der Waals surface area contributed by atoms with E-state index in [1.807, 2.05) is 18.2 Å². The lowest BCUT2D eigenvalue weighted by Gasteiger charge is -2.34. The summed E-state index contributed by atoms with van der Waals surface area (Å²) in [6, 6.07) is 14.9. The van der Waals surface area contributed by atoms with Crippen LogP contribution in [0.4, 0.5) is 4.39 Å². The highest BCUT2D eigenvalue weighted by Gasteiger charge is 2.44. The number of likely N-dealkylation sites (tertiary alicyclic amines) is 1. The first-order chi connectivity index (χ1) is 15.5. The highest BCUT2D eigenvalue weighted by atomic mass is 19.1. The molecule has 7 heteroatoms. The number of rotatable bonds is 6. The summed E-state index contributed by atoms with van der Waals surface area (Å²) in [5.41, 5.74) is 2.37. The third-order valence-electron chi connectivity index (χ3n) is 6.88. The Hall–Kier alpha value is -2.93. The molecule has 0 radical (unpaired) electrons. The van der Waals surface area contributed by atoms with Crippen LogP contribution in [0, 0.1) is 11.7 Å². The zero-order valence-electron chi connectivity index (χ0n) is 18.3. The van der Waals surface area contributed by atoms with Crippen LogP contribution in [-0.4, -0.2) is 46.0 Å². The Kier molecular flexibility index (Phi) is 5.59. The van der Waals surface area contributed by atoms with Crippen molar-refractivity contribution in [3.63, 3.8) is 0 Å². The van der Waals surface area contributed by atoms with Crippen LogP contribution in [0.3, 0.4) is 0 Å². The van der Waals surface area contributed by atoms with Crippen LogP contribution < -0.4 is 11.0 Å². The van der Waals surface area contributed by atoms with Crippen molar-refractivity contribution < 1.29 is 9.18 Å². The fraction of sp³-hybridized carbons (Fsp3) is 0.440. The fourth-order valence-corrected chi connectivity index (χ4v) is 5.16. The molecule has 6 nitrogen and oxygen atoms in total. The molecule has 2 aliphatic rings. The highest BCUT2D eigenvalue weighted by molar-refractivity contribution is 5.83. The van der Waals surface area contributed by atoms with Crippen molar-refractivity contribution >= 4 is 16.9 Å². The number of aromatic amines is 1. The summed E-state index contributed by atoms with van der Waals surface area (Å²) in [6.45, 7) is 4.58. The molecule has 1 aliphatic heterocycles. The van der Waals surface area contributed by atoms with Crippen molar-refractivity contribution in [3.05, 3.63) is 70.4 Å². The van der Waals surface area contributed by atoms with Crippen molar-refractivity contribution in [2.75, 3.05) is 19.6 Å². The van der Waals surface area contributed by atoms with Crippen LogP contribution >= 0.6 is 0 Å². The number of hydrogen-bond donors (Lipinski definition) is 2. The number of nitrogens with one attached hydrogen (secondary N) is 2. The number of H-pyrrole nitrogens is 1. The third-order valence-corrected chi connectivity index (χ3v) is 6.88. The molecule has 0 bridgehead atoms. The minimum Gasteiger partial charge on any atom is -0.352 e. The molecule has 0 spiro atoms. The second-order valence-electron chi connectivity index (χ2n) is 9.26. The molecule has 2 aromatic carbocycles. The second-order valence-corrected chi connectivity index (χ2v) is 9.26. The molecule has 3 atom stereocenters. The fourth-order valence-electron chi connectivity index (χ4n) is 5.16. The molecule has 2 heterocycles. The van der Waals surface area contributed by atoms with E-state index in [-0.39, 0.29) is 35.4 Å². The monoisotopic (exact) mass is 436 g/mol.